The van der Waals surface area contributed by atoms with E-state index >= 15 is 0 Å². The monoisotopic (exact) mass is 551 g/mol. The summed E-state index contributed by atoms with van der Waals surface area (Å²) >= 11 is 0. The summed E-state index contributed by atoms with van der Waals surface area (Å²) < 4.78 is 27.9. The highest BCUT2D eigenvalue weighted by Crippen LogP contribution is 2.38. The van der Waals surface area contributed by atoms with Crippen LogP contribution in [0.15, 0.2) is 31.0 Å². The number of nitrogens with one attached hydrogen (secondary N) is 2. The predicted molar refractivity (Wildman–Crippen MR) is 150 cm³/mol. The molecule has 212 valence electrons. The van der Waals surface area contributed by atoms with Crippen molar-refractivity contribution >= 4 is 22.9 Å². The van der Waals surface area contributed by atoms with E-state index in [0.29, 0.717) is 52.0 Å². The second-order valence-electron chi connectivity index (χ2n) is 11.4. The zero-order chi connectivity index (χ0) is 29.5. The van der Waals surface area contributed by atoms with Gasteiger partial charge in [0.05, 0.1) is 5.56 Å². The summed E-state index contributed by atoms with van der Waals surface area (Å²) in [6.45, 7) is 13.7. The lowest BCUT2D eigenvalue weighted by Gasteiger charge is -2.27. The third-order valence-electron chi connectivity index (χ3n) is 6.14. The Bertz CT molecular complexity index is 1530. The number of rotatable bonds is 6. The van der Waals surface area contributed by atoms with Crippen LogP contribution in [0.4, 0.5) is 14.6 Å². The number of alkyl halides is 2. The van der Waals surface area contributed by atoms with Crippen molar-refractivity contribution in [3.05, 3.63) is 42.4 Å². The third-order valence-corrected chi connectivity index (χ3v) is 6.14. The van der Waals surface area contributed by atoms with Crippen LogP contribution in [0.5, 0.6) is 0 Å². The van der Waals surface area contributed by atoms with E-state index in [9.17, 15) is 13.6 Å². The van der Waals surface area contributed by atoms with Crippen molar-refractivity contribution in [2.24, 2.45) is 0 Å². The summed E-state index contributed by atoms with van der Waals surface area (Å²) in [5.74, 6) is 1.51. The van der Waals surface area contributed by atoms with Crippen molar-refractivity contribution in [1.82, 2.24) is 39.8 Å². The van der Waals surface area contributed by atoms with Crippen molar-refractivity contribution in [3.8, 4) is 22.6 Å². The zero-order valence-electron chi connectivity index (χ0n) is 24.1. The van der Waals surface area contributed by atoms with Gasteiger partial charge in [0.1, 0.15) is 51.9 Å². The molecule has 10 nitrogen and oxygen atoms in total. The van der Waals surface area contributed by atoms with Gasteiger partial charge in [0, 0.05) is 42.8 Å². The maximum Gasteiger partial charge on any atom is 0.250 e. The Kier molecular flexibility index (Phi) is 7.68. The first-order valence-electron chi connectivity index (χ1n) is 13.1. The first-order chi connectivity index (χ1) is 18.6. The highest BCUT2D eigenvalue weighted by molar-refractivity contribution is 6.05. The Morgan fingerprint density at radius 3 is 2.23 bits per heavy atom. The van der Waals surface area contributed by atoms with Gasteiger partial charge in [-0.15, -0.1) is 0 Å². The molecule has 4 aromatic rings. The van der Waals surface area contributed by atoms with Gasteiger partial charge < -0.3 is 9.88 Å². The van der Waals surface area contributed by atoms with Gasteiger partial charge in [-0.25, -0.2) is 38.7 Å². The van der Waals surface area contributed by atoms with E-state index in [1.165, 1.54) is 40.9 Å². The first kappa shape index (κ1) is 29.1. The Hall–Kier alpha value is -3.93. The molecule has 0 saturated heterocycles. The third kappa shape index (κ3) is 6.11. The van der Waals surface area contributed by atoms with E-state index < -0.39 is 16.9 Å². The SMILES string of the molecule is CC(C)(C)F.CCn1c(-c2cnc(C)nc2)nc2c(-c3cnc4c(c3)C(C)(NCC(C)(C)F)C(=O)N4)ncnc21. The van der Waals surface area contributed by atoms with E-state index in [-0.39, 0.29) is 12.5 Å². The molecule has 0 radical (unpaired) electrons. The molecule has 0 aliphatic carbocycles. The molecule has 4 aromatic heterocycles. The average molecular weight is 552 g/mol. The Morgan fingerprint density at radius 2 is 1.62 bits per heavy atom. The molecule has 1 amide bonds. The molecule has 0 fully saturated rings. The number of anilines is 1. The minimum absolute atomic E-state index is 0.00122. The van der Waals surface area contributed by atoms with Crippen molar-refractivity contribution in [2.45, 2.75) is 78.8 Å². The molecule has 40 heavy (non-hydrogen) atoms. The van der Waals surface area contributed by atoms with E-state index in [2.05, 4.69) is 35.6 Å². The smallest absolute Gasteiger partial charge is 0.250 e. The largest absolute Gasteiger partial charge is 0.309 e. The van der Waals surface area contributed by atoms with Crippen molar-refractivity contribution in [1.29, 1.82) is 0 Å². The predicted octanol–water partition coefficient (Wildman–Crippen LogP) is 4.93. The number of fused-ring (bicyclic) bond motifs is 2. The van der Waals surface area contributed by atoms with E-state index in [4.69, 9.17) is 4.98 Å². The van der Waals surface area contributed by atoms with Crippen LogP contribution in [0, 0.1) is 6.92 Å². The van der Waals surface area contributed by atoms with E-state index in [1.54, 1.807) is 25.5 Å². The molecule has 1 unspecified atom stereocenters. The summed E-state index contributed by atoms with van der Waals surface area (Å²) in [6.07, 6.45) is 6.60. The fourth-order valence-corrected chi connectivity index (χ4v) is 4.17. The second kappa shape index (κ2) is 10.6. The van der Waals surface area contributed by atoms with Gasteiger partial charge in [-0.2, -0.15) is 0 Å². The van der Waals surface area contributed by atoms with E-state index in [1.807, 2.05) is 24.5 Å². The molecule has 0 saturated carbocycles. The fraction of sp³-hybridized carbons (Fsp3) is 0.464. The minimum atomic E-state index is -1.49. The van der Waals surface area contributed by atoms with Gasteiger partial charge in [-0.3, -0.25) is 10.1 Å². The van der Waals surface area contributed by atoms with Crippen molar-refractivity contribution in [2.75, 3.05) is 11.9 Å². The molecule has 2 N–H and O–H groups in total. The number of carbonyl (C=O) groups excluding carboxylic acids is 1. The minimum Gasteiger partial charge on any atom is -0.309 e. The number of hydrogen-bond donors (Lipinski definition) is 2. The lowest BCUT2D eigenvalue weighted by Crippen LogP contribution is -2.49. The van der Waals surface area contributed by atoms with Crippen LogP contribution in [-0.2, 0) is 16.9 Å². The van der Waals surface area contributed by atoms with Crippen LogP contribution in [0.25, 0.3) is 33.8 Å². The van der Waals surface area contributed by atoms with Crippen LogP contribution in [0.2, 0.25) is 0 Å². The normalized spacial score (nSPS) is 16.9. The Morgan fingerprint density at radius 1 is 1.00 bits per heavy atom. The molecule has 1 aliphatic heterocycles. The standard InChI is InChI=1S/C24H26FN9O.C4H9F/c1-6-34-20(15-9-26-13(2)27-10-15)32-18-17(29-12-30-21(18)34)14-7-16-19(28-8-14)33-22(35)24(16,5)31-11-23(3,4)25;1-4(2,3)5/h7-10,12,31H,6,11H2,1-5H3,(H,28,33,35);1-3H3. The summed E-state index contributed by atoms with van der Waals surface area (Å²) in [7, 11) is 0. The van der Waals surface area contributed by atoms with Crippen LogP contribution >= 0.6 is 0 Å². The van der Waals surface area contributed by atoms with E-state index in [0.717, 1.165) is 5.56 Å². The molecular formula is C28H35F2N9O. The highest BCUT2D eigenvalue weighted by Gasteiger charge is 2.44. The van der Waals surface area contributed by atoms with Crippen molar-refractivity contribution < 1.29 is 13.6 Å². The Balaban J connectivity index is 0.000000681. The number of hydrogen-bond acceptors (Lipinski definition) is 8. The lowest BCUT2D eigenvalue weighted by atomic mass is 9.92. The number of aromatic nitrogens is 7. The van der Waals surface area contributed by atoms with Crippen molar-refractivity contribution in [3.63, 3.8) is 0 Å². The van der Waals surface area contributed by atoms with Gasteiger partial charge in [0.15, 0.2) is 5.65 Å². The number of amides is 1. The Labute approximate surface area is 232 Å². The number of aryl methyl sites for hydroxylation is 2. The van der Waals surface area contributed by atoms with Gasteiger partial charge in [0.25, 0.3) is 0 Å². The first-order valence-corrected chi connectivity index (χ1v) is 13.1. The molecular weight excluding hydrogens is 516 g/mol. The molecule has 5 heterocycles. The molecule has 0 spiro atoms. The molecule has 1 atom stereocenters. The fourth-order valence-electron chi connectivity index (χ4n) is 4.17. The molecule has 0 bridgehead atoms. The molecule has 5 rings (SSSR count). The molecule has 0 aromatic carbocycles. The number of nitrogens with zero attached hydrogens (tertiary/aromatic N) is 7. The topological polar surface area (TPSA) is 123 Å². The lowest BCUT2D eigenvalue weighted by molar-refractivity contribution is -0.121. The maximum absolute atomic E-state index is 14.2. The summed E-state index contributed by atoms with van der Waals surface area (Å²) in [6, 6.07) is 1.85. The number of pyridine rings is 1. The van der Waals surface area contributed by atoms with Crippen LogP contribution in [0.1, 0.15) is 59.9 Å². The second-order valence-corrected chi connectivity index (χ2v) is 11.4. The number of carbonyl (C=O) groups is 1. The number of imidazole rings is 1. The summed E-state index contributed by atoms with van der Waals surface area (Å²) in [5, 5.41) is 5.86. The summed E-state index contributed by atoms with van der Waals surface area (Å²) in [5.41, 5.74) is 0.297. The van der Waals surface area contributed by atoms with Crippen LogP contribution in [0.3, 0.4) is 0 Å². The van der Waals surface area contributed by atoms with Crippen LogP contribution < -0.4 is 10.6 Å². The molecule has 1 aliphatic rings. The van der Waals surface area contributed by atoms with Gasteiger partial charge in [-0.05, 0) is 61.5 Å². The quantitative estimate of drug-likeness (QED) is 0.346. The maximum atomic E-state index is 14.2. The zero-order valence-corrected chi connectivity index (χ0v) is 24.1. The highest BCUT2D eigenvalue weighted by atomic mass is 19.1. The average Bonchev–Trinajstić information content (AvgIpc) is 3.36. The van der Waals surface area contributed by atoms with Gasteiger partial charge >= 0.3 is 0 Å². The van der Waals surface area contributed by atoms with Crippen LogP contribution in [-0.4, -0.2) is 58.3 Å². The van der Waals surface area contributed by atoms with Gasteiger partial charge in [0.2, 0.25) is 5.91 Å². The summed E-state index contributed by atoms with van der Waals surface area (Å²) in [4.78, 5) is 39.7. The van der Waals surface area contributed by atoms with Gasteiger partial charge in [-0.1, -0.05) is 0 Å². The molecule has 12 heteroatoms. The number of halogens is 2.